The lowest BCUT2D eigenvalue weighted by molar-refractivity contribution is -0.127. The number of carbonyl (C=O) groups excluding carboxylic acids is 4. The van der Waals surface area contributed by atoms with Crippen LogP contribution in [0.1, 0.15) is 40.5 Å². The van der Waals surface area contributed by atoms with Gasteiger partial charge in [-0.25, -0.2) is 4.98 Å². The van der Waals surface area contributed by atoms with E-state index >= 15 is 0 Å². The van der Waals surface area contributed by atoms with Crippen molar-refractivity contribution in [1.82, 2.24) is 20.6 Å². The van der Waals surface area contributed by atoms with Crippen molar-refractivity contribution < 1.29 is 23.9 Å². The molecule has 1 aliphatic carbocycles. The van der Waals surface area contributed by atoms with Crippen molar-refractivity contribution >= 4 is 41.1 Å². The van der Waals surface area contributed by atoms with Gasteiger partial charge in [-0.05, 0) is 30.5 Å². The van der Waals surface area contributed by atoms with Crippen LogP contribution in [0, 0.1) is 5.92 Å². The van der Waals surface area contributed by atoms with Crippen LogP contribution in [0.25, 0.3) is 0 Å². The van der Waals surface area contributed by atoms with Crippen LogP contribution in [-0.2, 0) is 20.9 Å². The zero-order chi connectivity index (χ0) is 24.7. The van der Waals surface area contributed by atoms with Gasteiger partial charge in [0.2, 0.25) is 11.8 Å². The molecular formula is C22H22N6O6S. The minimum absolute atomic E-state index is 0.00540. The maximum Gasteiger partial charge on any atom is 0.287 e. The second-order valence-electron chi connectivity index (χ2n) is 8.53. The van der Waals surface area contributed by atoms with Gasteiger partial charge >= 0.3 is 0 Å². The lowest BCUT2D eigenvalue weighted by atomic mass is 9.89. The zero-order valence-corrected chi connectivity index (χ0v) is 19.2. The van der Waals surface area contributed by atoms with Gasteiger partial charge in [-0.3, -0.25) is 24.0 Å². The summed E-state index contributed by atoms with van der Waals surface area (Å²) in [4.78, 5) is 67.6. The Morgan fingerprint density at radius 3 is 2.83 bits per heavy atom. The first-order valence-electron chi connectivity index (χ1n) is 11.0. The molecule has 3 heterocycles. The highest BCUT2D eigenvalue weighted by molar-refractivity contribution is 8.00. The Morgan fingerprint density at radius 2 is 2.03 bits per heavy atom. The number of rotatable bonds is 6. The first-order valence-corrected chi connectivity index (χ1v) is 11.9. The molecule has 3 unspecified atom stereocenters. The molecule has 1 aromatic heterocycles. The summed E-state index contributed by atoms with van der Waals surface area (Å²) < 4.78 is 5.32. The lowest BCUT2D eigenvalue weighted by Crippen LogP contribution is -2.39. The van der Waals surface area contributed by atoms with Crippen LogP contribution in [0.15, 0.2) is 28.0 Å². The predicted molar refractivity (Wildman–Crippen MR) is 124 cm³/mol. The number of nitrogens with zero attached hydrogens (tertiary/aromatic N) is 1. The van der Waals surface area contributed by atoms with Crippen LogP contribution in [0.2, 0.25) is 0 Å². The number of ether oxygens (including phenoxy) is 1. The third kappa shape index (κ3) is 4.46. The molecular weight excluding hydrogens is 476 g/mol. The number of hydrogen-bond donors (Lipinski definition) is 5. The van der Waals surface area contributed by atoms with Crippen LogP contribution < -0.4 is 32.0 Å². The number of aromatic nitrogens is 2. The molecule has 1 saturated carbocycles. The van der Waals surface area contributed by atoms with Crippen molar-refractivity contribution in [2.45, 2.75) is 35.6 Å². The Morgan fingerprint density at radius 1 is 1.20 bits per heavy atom. The quantitative estimate of drug-likeness (QED) is 0.333. The van der Waals surface area contributed by atoms with Crippen molar-refractivity contribution in [2.24, 2.45) is 11.7 Å². The summed E-state index contributed by atoms with van der Waals surface area (Å²) in [5, 5.41) is 8.38. The van der Waals surface area contributed by atoms with Gasteiger partial charge in [0.05, 0.1) is 17.8 Å². The molecule has 0 bridgehead atoms. The Balaban J connectivity index is 1.29. The lowest BCUT2D eigenvalue weighted by Gasteiger charge is -2.18. The van der Waals surface area contributed by atoms with Gasteiger partial charge in [0.1, 0.15) is 10.8 Å². The highest BCUT2D eigenvalue weighted by atomic mass is 32.2. The number of hydrogen-bond acceptors (Lipinski definition) is 8. The maximum absolute atomic E-state index is 12.9. The van der Waals surface area contributed by atoms with Crippen molar-refractivity contribution in [3.8, 4) is 5.75 Å². The average Bonchev–Trinajstić information content (AvgIpc) is 3.39. The number of aromatic amines is 1. The number of fused-ring (bicyclic) bond motifs is 4. The molecule has 5 rings (SSSR count). The van der Waals surface area contributed by atoms with E-state index in [9.17, 15) is 24.0 Å². The van der Waals surface area contributed by atoms with Gasteiger partial charge in [0.25, 0.3) is 17.4 Å². The number of thioether (sulfide) groups is 1. The molecule has 35 heavy (non-hydrogen) atoms. The molecule has 13 heteroatoms. The number of primary amides is 1. The molecule has 3 atom stereocenters. The van der Waals surface area contributed by atoms with Gasteiger partial charge in [-0.1, -0.05) is 6.07 Å². The van der Waals surface area contributed by atoms with E-state index in [0.29, 0.717) is 34.9 Å². The summed E-state index contributed by atoms with van der Waals surface area (Å²) >= 11 is 1.39. The molecule has 0 radical (unpaired) electrons. The molecule has 0 saturated heterocycles. The number of H-pyrrole nitrogens is 1. The number of carbonyl (C=O) groups is 4. The van der Waals surface area contributed by atoms with Crippen LogP contribution in [0.3, 0.4) is 0 Å². The monoisotopic (exact) mass is 498 g/mol. The Hall–Kier alpha value is -3.87. The first kappa shape index (κ1) is 22.9. The van der Waals surface area contributed by atoms with E-state index < -0.39 is 23.3 Å². The minimum atomic E-state index is -0.641. The summed E-state index contributed by atoms with van der Waals surface area (Å²) in [6.45, 7) is -0.160. The van der Waals surface area contributed by atoms with Crippen molar-refractivity contribution in [3.63, 3.8) is 0 Å². The van der Waals surface area contributed by atoms with Gasteiger partial charge in [0, 0.05) is 23.6 Å². The van der Waals surface area contributed by atoms with Crippen LogP contribution >= 0.6 is 11.8 Å². The fourth-order valence-corrected chi connectivity index (χ4v) is 6.20. The Bertz CT molecular complexity index is 1310. The molecule has 2 aliphatic heterocycles. The van der Waals surface area contributed by atoms with Crippen LogP contribution in [-0.4, -0.2) is 52.0 Å². The van der Waals surface area contributed by atoms with E-state index in [4.69, 9.17) is 10.5 Å². The summed E-state index contributed by atoms with van der Waals surface area (Å²) in [7, 11) is 0. The van der Waals surface area contributed by atoms with E-state index in [1.54, 1.807) is 18.2 Å². The summed E-state index contributed by atoms with van der Waals surface area (Å²) in [5.41, 5.74) is 6.30. The molecule has 0 spiro atoms. The van der Waals surface area contributed by atoms with E-state index in [2.05, 4.69) is 25.9 Å². The Kier molecular flexibility index (Phi) is 5.93. The number of benzene rings is 1. The van der Waals surface area contributed by atoms with Gasteiger partial charge in [-0.2, -0.15) is 0 Å². The fraction of sp³-hybridized carbons (Fsp3) is 0.364. The van der Waals surface area contributed by atoms with Crippen LogP contribution in [0.4, 0.5) is 5.69 Å². The molecule has 182 valence electrons. The van der Waals surface area contributed by atoms with E-state index in [1.807, 2.05) is 0 Å². The highest BCUT2D eigenvalue weighted by Gasteiger charge is 2.48. The number of nitrogens with two attached hydrogens (primary N) is 1. The van der Waals surface area contributed by atoms with Gasteiger partial charge in [-0.15, -0.1) is 11.8 Å². The number of amides is 4. The predicted octanol–water partition coefficient (Wildman–Crippen LogP) is -0.400. The molecule has 2 aromatic rings. The first-order chi connectivity index (χ1) is 16.8. The number of anilines is 1. The van der Waals surface area contributed by atoms with Crippen molar-refractivity contribution in [2.75, 3.05) is 18.5 Å². The zero-order valence-electron chi connectivity index (χ0n) is 18.4. The molecule has 6 N–H and O–H groups in total. The molecule has 1 aromatic carbocycles. The summed E-state index contributed by atoms with van der Waals surface area (Å²) in [5.74, 6) is -2.16. The molecule has 1 fully saturated rings. The normalized spacial score (nSPS) is 21.7. The van der Waals surface area contributed by atoms with Crippen molar-refractivity contribution in [1.29, 1.82) is 0 Å². The largest absolute Gasteiger partial charge is 0.482 e. The van der Waals surface area contributed by atoms with E-state index in [1.165, 1.54) is 11.8 Å². The molecule has 12 nitrogen and oxygen atoms in total. The third-order valence-electron chi connectivity index (χ3n) is 6.23. The number of nitrogens with one attached hydrogen (secondary N) is 4. The third-order valence-corrected chi connectivity index (χ3v) is 7.60. The van der Waals surface area contributed by atoms with Crippen LogP contribution in [0.5, 0.6) is 5.75 Å². The standard InChI is InChI=1S/C22H22N6O6S/c23-14(29)7-25-19(31)10-2-4-13-16(10)17-20(32)27-18(28-22(17)35-13)21(33)24-6-9-1-3-12-11(5-9)26-15(30)8-34-12/h1,3,5,10,13,16H,2,4,6-8H2,(H2,23,29)(H,24,33)(H,25,31)(H,26,30)(H,27,28,32). The fourth-order valence-electron chi connectivity index (χ4n) is 4.68. The second-order valence-corrected chi connectivity index (χ2v) is 9.76. The van der Waals surface area contributed by atoms with Gasteiger partial charge in [0.15, 0.2) is 12.4 Å². The topological polar surface area (TPSA) is 185 Å². The van der Waals surface area contributed by atoms with Crippen molar-refractivity contribution in [3.05, 3.63) is 45.5 Å². The Labute approximate surface area is 202 Å². The molecule has 3 aliphatic rings. The average molecular weight is 499 g/mol. The smallest absolute Gasteiger partial charge is 0.287 e. The van der Waals surface area contributed by atoms with E-state index in [-0.39, 0.29) is 48.5 Å². The summed E-state index contributed by atoms with van der Waals surface area (Å²) in [6, 6.07) is 5.17. The van der Waals surface area contributed by atoms with Gasteiger partial charge < -0.3 is 31.4 Å². The SMILES string of the molecule is NC(=O)CNC(=O)C1CCC2Sc3nc(C(=O)NCc4ccc5c(c4)NC(=O)CO5)[nH]c(=O)c3C21. The molecule has 4 amide bonds. The minimum Gasteiger partial charge on any atom is -0.482 e. The maximum atomic E-state index is 12.9. The highest BCUT2D eigenvalue weighted by Crippen LogP contribution is 2.54. The second kappa shape index (κ2) is 9.06. The van der Waals surface area contributed by atoms with E-state index in [0.717, 1.165) is 5.56 Å². The summed E-state index contributed by atoms with van der Waals surface area (Å²) in [6.07, 6.45) is 1.29.